The Hall–Kier alpha value is -3.35. The number of carboxylic acid groups (broad SMARTS) is 1. The molecule has 1 heterocycles. The molecule has 35 heavy (non-hydrogen) atoms. The van der Waals surface area contributed by atoms with Crippen LogP contribution >= 0.6 is 0 Å². The average molecular weight is 479 g/mol. The van der Waals surface area contributed by atoms with E-state index in [9.17, 15) is 19.5 Å². The van der Waals surface area contributed by atoms with Crippen LogP contribution in [-0.4, -0.2) is 54.2 Å². The Bertz CT molecular complexity index is 1070. The van der Waals surface area contributed by atoms with Crippen molar-refractivity contribution >= 4 is 18.0 Å². The Morgan fingerprint density at radius 2 is 1.66 bits per heavy atom. The number of likely N-dealkylation sites (tertiary alicyclic amines) is 1. The minimum absolute atomic E-state index is 0.00175. The number of nitrogens with zero attached hydrogens (tertiary/aromatic N) is 1. The minimum Gasteiger partial charge on any atom is -0.481 e. The van der Waals surface area contributed by atoms with E-state index in [4.69, 9.17) is 4.74 Å². The fourth-order valence-electron chi connectivity index (χ4n) is 5.36. The van der Waals surface area contributed by atoms with Gasteiger partial charge in [0.25, 0.3) is 0 Å². The first-order valence-electron chi connectivity index (χ1n) is 12.3. The van der Waals surface area contributed by atoms with Crippen LogP contribution in [0.25, 0.3) is 11.1 Å². The summed E-state index contributed by atoms with van der Waals surface area (Å²) in [6.45, 7) is 7.06. The van der Waals surface area contributed by atoms with E-state index in [1.54, 1.807) is 4.90 Å². The lowest BCUT2D eigenvalue weighted by Crippen LogP contribution is -2.49. The number of ether oxygens (including phenoxy) is 1. The summed E-state index contributed by atoms with van der Waals surface area (Å²) in [5.74, 6) is -1.29. The number of alkyl carbamates (subject to hydrolysis) is 1. The lowest BCUT2D eigenvalue weighted by molar-refractivity contribution is -0.151. The van der Waals surface area contributed by atoms with Crippen molar-refractivity contribution in [2.45, 2.75) is 39.5 Å². The molecule has 0 saturated carbocycles. The fourth-order valence-corrected chi connectivity index (χ4v) is 5.36. The molecule has 186 valence electrons. The molecule has 2 N–H and O–H groups in total. The second-order valence-electron chi connectivity index (χ2n) is 10.3. The third-order valence-electron chi connectivity index (χ3n) is 7.45. The first kappa shape index (κ1) is 24.8. The number of aliphatic carboxylic acids is 1. The highest BCUT2D eigenvalue weighted by atomic mass is 16.5. The monoisotopic (exact) mass is 478 g/mol. The van der Waals surface area contributed by atoms with Gasteiger partial charge in [-0.15, -0.1) is 0 Å². The first-order valence-corrected chi connectivity index (χ1v) is 12.3. The van der Waals surface area contributed by atoms with Crippen molar-refractivity contribution in [2.24, 2.45) is 17.3 Å². The average Bonchev–Trinajstić information content (AvgIpc) is 3.15. The highest BCUT2D eigenvalue weighted by Gasteiger charge is 2.38. The smallest absolute Gasteiger partial charge is 0.407 e. The van der Waals surface area contributed by atoms with E-state index in [0.717, 1.165) is 11.1 Å². The van der Waals surface area contributed by atoms with Crippen molar-refractivity contribution in [1.82, 2.24) is 10.2 Å². The Labute approximate surface area is 206 Å². The second kappa shape index (κ2) is 10.1. The van der Waals surface area contributed by atoms with Crippen molar-refractivity contribution in [3.8, 4) is 11.1 Å². The predicted octanol–water partition coefficient (Wildman–Crippen LogP) is 4.51. The van der Waals surface area contributed by atoms with Gasteiger partial charge in [0.1, 0.15) is 6.61 Å². The van der Waals surface area contributed by atoms with Crippen LogP contribution in [0.4, 0.5) is 4.79 Å². The Balaban J connectivity index is 1.27. The predicted molar refractivity (Wildman–Crippen MR) is 133 cm³/mol. The molecule has 7 heteroatoms. The molecular weight excluding hydrogens is 444 g/mol. The van der Waals surface area contributed by atoms with Gasteiger partial charge in [-0.05, 0) is 41.0 Å². The second-order valence-corrected chi connectivity index (χ2v) is 10.3. The molecule has 7 nitrogen and oxygen atoms in total. The van der Waals surface area contributed by atoms with Crippen molar-refractivity contribution in [3.05, 3.63) is 59.7 Å². The van der Waals surface area contributed by atoms with E-state index in [1.165, 1.54) is 11.1 Å². The maximum Gasteiger partial charge on any atom is 0.407 e. The zero-order valence-electron chi connectivity index (χ0n) is 20.6. The molecule has 4 rings (SSSR count). The van der Waals surface area contributed by atoms with E-state index >= 15 is 0 Å². The Kier molecular flexibility index (Phi) is 7.15. The van der Waals surface area contributed by atoms with Gasteiger partial charge < -0.3 is 20.1 Å². The summed E-state index contributed by atoms with van der Waals surface area (Å²) >= 11 is 0. The lowest BCUT2D eigenvalue weighted by atomic mass is 9.83. The van der Waals surface area contributed by atoms with Crippen LogP contribution in [0.3, 0.4) is 0 Å². The number of carboxylic acids is 1. The maximum atomic E-state index is 13.1. The van der Waals surface area contributed by atoms with E-state index in [-0.39, 0.29) is 24.3 Å². The summed E-state index contributed by atoms with van der Waals surface area (Å²) in [6, 6.07) is 16.4. The van der Waals surface area contributed by atoms with E-state index in [2.05, 4.69) is 29.6 Å². The third-order valence-corrected chi connectivity index (χ3v) is 7.45. The number of hydrogen-bond acceptors (Lipinski definition) is 4. The first-order chi connectivity index (χ1) is 16.7. The molecule has 0 aromatic heterocycles. The zero-order valence-corrected chi connectivity index (χ0v) is 20.6. The molecule has 1 saturated heterocycles. The quantitative estimate of drug-likeness (QED) is 0.610. The molecule has 0 radical (unpaired) electrons. The SMILES string of the molecule is CC1CN(C(=O)C(C)(C)CCNC(=O)OCC2c3ccccc3-c3ccccc32)CCC1C(=O)O. The van der Waals surface area contributed by atoms with Crippen LogP contribution in [0.5, 0.6) is 0 Å². The van der Waals surface area contributed by atoms with E-state index < -0.39 is 23.4 Å². The molecule has 2 amide bonds. The number of carbonyl (C=O) groups is 3. The number of hydrogen-bond donors (Lipinski definition) is 2. The van der Waals surface area contributed by atoms with Crippen molar-refractivity contribution in [1.29, 1.82) is 0 Å². The molecule has 2 atom stereocenters. The number of nitrogens with one attached hydrogen (secondary N) is 1. The number of piperidine rings is 1. The van der Waals surface area contributed by atoms with Crippen LogP contribution in [0.2, 0.25) is 0 Å². The van der Waals surface area contributed by atoms with Crippen LogP contribution in [0.1, 0.15) is 50.7 Å². The molecule has 2 unspecified atom stereocenters. The lowest BCUT2D eigenvalue weighted by Gasteiger charge is -2.39. The molecule has 2 aromatic carbocycles. The molecular formula is C28H34N2O5. The van der Waals surface area contributed by atoms with Gasteiger partial charge in [0.05, 0.1) is 5.92 Å². The largest absolute Gasteiger partial charge is 0.481 e. The molecule has 1 fully saturated rings. The van der Waals surface area contributed by atoms with Crippen molar-refractivity contribution in [2.75, 3.05) is 26.2 Å². The zero-order chi connectivity index (χ0) is 25.2. The Morgan fingerprint density at radius 1 is 1.06 bits per heavy atom. The van der Waals surface area contributed by atoms with Gasteiger partial charge in [-0.2, -0.15) is 0 Å². The van der Waals surface area contributed by atoms with E-state index in [0.29, 0.717) is 32.5 Å². The molecule has 2 aliphatic rings. The molecule has 1 aliphatic heterocycles. The molecule has 1 aliphatic carbocycles. The van der Waals surface area contributed by atoms with Crippen LogP contribution in [0, 0.1) is 17.3 Å². The maximum absolute atomic E-state index is 13.1. The van der Waals surface area contributed by atoms with Gasteiger partial charge in [-0.1, -0.05) is 69.3 Å². The summed E-state index contributed by atoms with van der Waals surface area (Å²) in [5.41, 5.74) is 4.01. The highest BCUT2D eigenvalue weighted by Crippen LogP contribution is 2.44. The van der Waals surface area contributed by atoms with Crippen LogP contribution in [-0.2, 0) is 14.3 Å². The van der Waals surface area contributed by atoms with Crippen LogP contribution in [0.15, 0.2) is 48.5 Å². The van der Waals surface area contributed by atoms with Crippen LogP contribution < -0.4 is 5.32 Å². The molecule has 0 bridgehead atoms. The number of benzene rings is 2. The van der Waals surface area contributed by atoms with Gasteiger partial charge in [0, 0.05) is 31.0 Å². The Morgan fingerprint density at radius 3 is 2.23 bits per heavy atom. The summed E-state index contributed by atoms with van der Waals surface area (Å²) in [6.07, 6.45) is 0.436. The van der Waals surface area contributed by atoms with Gasteiger partial charge >= 0.3 is 12.1 Å². The third kappa shape index (κ3) is 5.19. The fraction of sp³-hybridized carbons (Fsp3) is 0.464. The van der Waals surface area contributed by atoms with E-state index in [1.807, 2.05) is 45.0 Å². The van der Waals surface area contributed by atoms with Crippen molar-refractivity contribution < 1.29 is 24.2 Å². The topological polar surface area (TPSA) is 95.9 Å². The summed E-state index contributed by atoms with van der Waals surface area (Å²) in [5, 5.41) is 12.1. The number of carbonyl (C=O) groups excluding carboxylic acids is 2. The normalized spacial score (nSPS) is 19.6. The summed E-state index contributed by atoms with van der Waals surface area (Å²) in [4.78, 5) is 38.6. The summed E-state index contributed by atoms with van der Waals surface area (Å²) < 4.78 is 5.58. The molecule has 0 spiro atoms. The van der Waals surface area contributed by atoms with Gasteiger partial charge in [-0.25, -0.2) is 4.79 Å². The van der Waals surface area contributed by atoms with Gasteiger partial charge in [0.2, 0.25) is 5.91 Å². The summed E-state index contributed by atoms with van der Waals surface area (Å²) in [7, 11) is 0. The number of amides is 2. The standard InChI is InChI=1S/C28H34N2O5/c1-18-16-30(15-12-19(18)25(31)32)26(33)28(2,3)13-14-29-27(34)35-17-24-22-10-6-4-8-20(22)21-9-5-7-11-23(21)24/h4-11,18-19,24H,12-17H2,1-3H3,(H,29,34)(H,31,32). The van der Waals surface area contributed by atoms with Crippen molar-refractivity contribution in [3.63, 3.8) is 0 Å². The van der Waals surface area contributed by atoms with Gasteiger partial charge in [-0.3, -0.25) is 9.59 Å². The number of rotatable bonds is 7. The molecule has 2 aromatic rings. The van der Waals surface area contributed by atoms with Gasteiger partial charge in [0.15, 0.2) is 0 Å². The highest BCUT2D eigenvalue weighted by molar-refractivity contribution is 5.82. The number of fused-ring (bicyclic) bond motifs is 3. The minimum atomic E-state index is -0.795.